The molecule has 1 aliphatic heterocycles. The van der Waals surface area contributed by atoms with Gasteiger partial charge in [0.25, 0.3) is 5.56 Å². The second-order valence-corrected chi connectivity index (χ2v) is 7.95. The van der Waals surface area contributed by atoms with E-state index in [0.29, 0.717) is 44.9 Å². The molecule has 0 bridgehead atoms. The van der Waals surface area contributed by atoms with Gasteiger partial charge in [0.05, 0.1) is 25.7 Å². The number of fused-ring (bicyclic) bond motifs is 2. The van der Waals surface area contributed by atoms with Crippen molar-refractivity contribution in [2.24, 2.45) is 0 Å². The highest BCUT2D eigenvalue weighted by Gasteiger charge is 2.18. The van der Waals surface area contributed by atoms with E-state index in [1.54, 1.807) is 50.6 Å². The van der Waals surface area contributed by atoms with Crippen LogP contribution < -0.4 is 24.5 Å². The minimum Gasteiger partial charge on any atom is -0.493 e. The standard InChI is InChI=1S/C22H18N4O6S/c1-29-17-5-3-12(7-19(17)30-2)14-9-15-21(28)23-24-22(26(15)25-14)33-10-16(27)13-4-6-18-20(8-13)32-11-31-18/h3-9H,10-11H2,1-2H3,(H,23,28). The first-order valence-electron chi connectivity index (χ1n) is 9.84. The van der Waals surface area contributed by atoms with E-state index in [-0.39, 0.29) is 23.9 Å². The smallest absolute Gasteiger partial charge is 0.290 e. The molecule has 5 rings (SSSR count). The van der Waals surface area contributed by atoms with Gasteiger partial charge in [-0.15, -0.1) is 5.10 Å². The van der Waals surface area contributed by atoms with Crippen molar-refractivity contribution in [1.29, 1.82) is 0 Å². The molecule has 0 atom stereocenters. The fourth-order valence-corrected chi connectivity index (χ4v) is 4.20. The zero-order valence-corrected chi connectivity index (χ0v) is 18.5. The van der Waals surface area contributed by atoms with Crippen LogP contribution >= 0.6 is 11.8 Å². The number of Topliss-reactive ketones (excluding diaryl/α,β-unsaturated/α-hetero) is 1. The SMILES string of the molecule is COc1ccc(-c2cc3c(=O)[nH]nc(SCC(=O)c4ccc5c(c4)OCO5)n3n2)cc1OC. The Morgan fingerprint density at radius 1 is 1.09 bits per heavy atom. The molecule has 1 N–H and O–H groups in total. The van der Waals surface area contributed by atoms with E-state index in [1.807, 2.05) is 6.07 Å². The van der Waals surface area contributed by atoms with Gasteiger partial charge in [-0.25, -0.2) is 9.61 Å². The molecule has 0 amide bonds. The number of hydrogen-bond acceptors (Lipinski definition) is 9. The lowest BCUT2D eigenvalue weighted by Crippen LogP contribution is -2.14. The highest BCUT2D eigenvalue weighted by atomic mass is 32.2. The number of ketones is 1. The Morgan fingerprint density at radius 3 is 2.73 bits per heavy atom. The molecule has 33 heavy (non-hydrogen) atoms. The third-order valence-corrected chi connectivity index (χ3v) is 6.01. The zero-order chi connectivity index (χ0) is 22.9. The van der Waals surface area contributed by atoms with Gasteiger partial charge in [-0.3, -0.25) is 9.59 Å². The van der Waals surface area contributed by atoms with Crippen molar-refractivity contribution >= 4 is 23.1 Å². The first-order chi connectivity index (χ1) is 16.1. The summed E-state index contributed by atoms with van der Waals surface area (Å²) in [5.74, 6) is 2.27. The van der Waals surface area contributed by atoms with Crippen molar-refractivity contribution in [1.82, 2.24) is 19.8 Å². The van der Waals surface area contributed by atoms with Crippen LogP contribution in [0.3, 0.4) is 0 Å². The average molecular weight is 466 g/mol. The molecule has 0 fully saturated rings. The molecular formula is C22H18N4O6S. The topological polar surface area (TPSA) is 117 Å². The van der Waals surface area contributed by atoms with Gasteiger partial charge in [0.2, 0.25) is 11.9 Å². The van der Waals surface area contributed by atoms with Crippen molar-refractivity contribution < 1.29 is 23.7 Å². The first-order valence-corrected chi connectivity index (χ1v) is 10.8. The Kier molecular flexibility index (Phi) is 5.38. The summed E-state index contributed by atoms with van der Waals surface area (Å²) in [7, 11) is 3.11. The van der Waals surface area contributed by atoms with E-state index in [1.165, 1.54) is 16.3 Å². The molecule has 2 aromatic heterocycles. The van der Waals surface area contributed by atoms with E-state index in [9.17, 15) is 9.59 Å². The monoisotopic (exact) mass is 466 g/mol. The predicted octanol–water partition coefficient (Wildman–Crippen LogP) is 2.81. The summed E-state index contributed by atoms with van der Waals surface area (Å²) in [4.78, 5) is 25.0. The minimum absolute atomic E-state index is 0.0966. The summed E-state index contributed by atoms with van der Waals surface area (Å²) >= 11 is 1.17. The Bertz CT molecular complexity index is 1430. The van der Waals surface area contributed by atoms with Crippen molar-refractivity contribution in [2.45, 2.75) is 5.16 Å². The number of hydrogen-bond donors (Lipinski definition) is 1. The van der Waals surface area contributed by atoms with Gasteiger partial charge in [0, 0.05) is 11.1 Å². The number of carbonyl (C=O) groups is 1. The van der Waals surface area contributed by atoms with Crippen LogP contribution in [0.2, 0.25) is 0 Å². The lowest BCUT2D eigenvalue weighted by atomic mass is 10.1. The van der Waals surface area contributed by atoms with Gasteiger partial charge in [0.15, 0.2) is 28.8 Å². The Balaban J connectivity index is 1.42. The number of nitrogens with zero attached hydrogens (tertiary/aromatic N) is 3. The van der Waals surface area contributed by atoms with Gasteiger partial charge in [-0.2, -0.15) is 5.10 Å². The van der Waals surface area contributed by atoms with Crippen molar-refractivity contribution in [3.8, 4) is 34.3 Å². The summed E-state index contributed by atoms with van der Waals surface area (Å²) in [6.07, 6.45) is 0. The second-order valence-electron chi connectivity index (χ2n) is 7.01. The van der Waals surface area contributed by atoms with Crippen molar-refractivity contribution in [2.75, 3.05) is 26.8 Å². The Labute approximate surface area is 191 Å². The normalized spacial score (nSPS) is 12.2. The van der Waals surface area contributed by atoms with E-state index < -0.39 is 0 Å². The highest BCUT2D eigenvalue weighted by molar-refractivity contribution is 7.99. The predicted molar refractivity (Wildman–Crippen MR) is 120 cm³/mol. The summed E-state index contributed by atoms with van der Waals surface area (Å²) in [6.45, 7) is 0.142. The van der Waals surface area contributed by atoms with Crippen LogP contribution in [0, 0.1) is 0 Å². The number of rotatable bonds is 7. The van der Waals surface area contributed by atoms with E-state index in [4.69, 9.17) is 18.9 Å². The van der Waals surface area contributed by atoms with Crippen LogP contribution in [0.4, 0.5) is 0 Å². The van der Waals surface area contributed by atoms with Crippen molar-refractivity contribution in [3.05, 3.63) is 58.4 Å². The zero-order valence-electron chi connectivity index (χ0n) is 17.7. The summed E-state index contributed by atoms with van der Waals surface area (Å²) in [5.41, 5.74) is 1.72. The van der Waals surface area contributed by atoms with E-state index in [2.05, 4.69) is 15.3 Å². The average Bonchev–Trinajstić information content (AvgIpc) is 3.50. The van der Waals surface area contributed by atoms with Crippen LogP contribution in [0.15, 0.2) is 52.4 Å². The van der Waals surface area contributed by atoms with Gasteiger partial charge in [-0.05, 0) is 42.5 Å². The van der Waals surface area contributed by atoms with Crippen LogP contribution in [0.25, 0.3) is 16.8 Å². The largest absolute Gasteiger partial charge is 0.493 e. The van der Waals surface area contributed by atoms with Crippen LogP contribution in [0.1, 0.15) is 10.4 Å². The summed E-state index contributed by atoms with van der Waals surface area (Å²) in [6, 6.07) is 12.1. The quantitative estimate of drug-likeness (QED) is 0.324. The first kappa shape index (κ1) is 20.9. The minimum atomic E-state index is -0.388. The molecule has 168 valence electrons. The van der Waals surface area contributed by atoms with E-state index >= 15 is 0 Å². The molecular weight excluding hydrogens is 448 g/mol. The molecule has 0 aliphatic carbocycles. The lowest BCUT2D eigenvalue weighted by molar-refractivity contribution is 0.102. The number of aromatic amines is 1. The van der Waals surface area contributed by atoms with E-state index in [0.717, 1.165) is 5.56 Å². The molecule has 11 heteroatoms. The summed E-state index contributed by atoms with van der Waals surface area (Å²) < 4.78 is 22.7. The van der Waals surface area contributed by atoms with Crippen LogP contribution in [-0.4, -0.2) is 52.4 Å². The van der Waals surface area contributed by atoms with Gasteiger partial charge in [0.1, 0.15) is 5.52 Å². The van der Waals surface area contributed by atoms with Gasteiger partial charge in [-0.1, -0.05) is 11.8 Å². The Morgan fingerprint density at radius 2 is 1.91 bits per heavy atom. The molecule has 0 saturated heterocycles. The van der Waals surface area contributed by atoms with Crippen LogP contribution in [-0.2, 0) is 0 Å². The number of benzene rings is 2. The fraction of sp³-hybridized carbons (Fsp3) is 0.182. The molecule has 2 aromatic carbocycles. The maximum absolute atomic E-state index is 12.7. The molecule has 3 heterocycles. The highest BCUT2D eigenvalue weighted by Crippen LogP contribution is 2.34. The molecule has 10 nitrogen and oxygen atoms in total. The number of methoxy groups -OCH3 is 2. The third kappa shape index (κ3) is 3.87. The number of nitrogens with one attached hydrogen (secondary N) is 1. The van der Waals surface area contributed by atoms with Gasteiger partial charge < -0.3 is 18.9 Å². The Hall–Kier alpha value is -3.99. The summed E-state index contributed by atoms with van der Waals surface area (Å²) in [5, 5.41) is 11.5. The van der Waals surface area contributed by atoms with Crippen molar-refractivity contribution in [3.63, 3.8) is 0 Å². The number of ether oxygens (including phenoxy) is 4. The maximum Gasteiger partial charge on any atom is 0.290 e. The number of thioether (sulfide) groups is 1. The lowest BCUT2D eigenvalue weighted by Gasteiger charge is -2.08. The van der Waals surface area contributed by atoms with Gasteiger partial charge >= 0.3 is 0 Å². The molecule has 4 aromatic rings. The number of carbonyl (C=O) groups excluding carboxylic acids is 1. The second kappa shape index (κ2) is 8.51. The molecule has 0 unspecified atom stereocenters. The number of aromatic nitrogens is 4. The molecule has 0 radical (unpaired) electrons. The maximum atomic E-state index is 12.7. The third-order valence-electron chi connectivity index (χ3n) is 5.08. The molecule has 1 aliphatic rings. The van der Waals surface area contributed by atoms with Crippen LogP contribution in [0.5, 0.6) is 23.0 Å². The molecule has 0 spiro atoms. The molecule has 0 saturated carbocycles. The number of H-pyrrole nitrogens is 1. The fourth-order valence-electron chi connectivity index (χ4n) is 3.41.